The van der Waals surface area contributed by atoms with E-state index in [1.54, 1.807) is 58.0 Å². The monoisotopic (exact) mass is 359 g/mol. The second-order valence-corrected chi connectivity index (χ2v) is 6.38. The van der Waals surface area contributed by atoms with E-state index in [1.807, 2.05) is 6.07 Å². The Morgan fingerprint density at radius 3 is 2.52 bits per heavy atom. The molecule has 1 N–H and O–H groups in total. The maximum absolute atomic E-state index is 12.8. The number of hydrogen-bond donors (Lipinski definition) is 1. The third-order valence-electron chi connectivity index (χ3n) is 4.62. The first-order chi connectivity index (χ1) is 13.2. The number of likely N-dealkylation sites (tertiary alicyclic amines) is 1. The lowest BCUT2D eigenvalue weighted by atomic mass is 10.2. The van der Waals surface area contributed by atoms with Gasteiger partial charge in [0.25, 0.3) is 11.8 Å². The molecule has 0 spiro atoms. The number of fused-ring (bicyclic) bond motifs is 1. The molecule has 7 nitrogen and oxygen atoms in total. The fourth-order valence-corrected chi connectivity index (χ4v) is 3.24. The standard InChI is InChI=1S/C20H17N5O2/c21-13-14-6-8-15(9-7-14)22-19(26)17-16-5-1-2-12-25(16)18(23-17)20(27)24-10-3-4-11-24/h1-2,5-9,12H,3-4,10-11H2,(H,22,26). The van der Waals surface area contributed by atoms with Gasteiger partial charge in [0.15, 0.2) is 5.69 Å². The quantitative estimate of drug-likeness (QED) is 0.778. The summed E-state index contributed by atoms with van der Waals surface area (Å²) in [6.45, 7) is 1.43. The van der Waals surface area contributed by atoms with Crippen LogP contribution >= 0.6 is 0 Å². The average molecular weight is 359 g/mol. The number of aromatic nitrogens is 2. The number of nitrogens with zero attached hydrogens (tertiary/aromatic N) is 4. The molecular weight excluding hydrogens is 342 g/mol. The first-order valence-corrected chi connectivity index (χ1v) is 8.75. The van der Waals surface area contributed by atoms with Crippen LogP contribution in [0.1, 0.15) is 39.5 Å². The molecule has 1 aliphatic heterocycles. The van der Waals surface area contributed by atoms with Gasteiger partial charge in [0.2, 0.25) is 5.82 Å². The van der Waals surface area contributed by atoms with Gasteiger partial charge in [0, 0.05) is 25.0 Å². The highest BCUT2D eigenvalue weighted by molar-refractivity contribution is 6.09. The zero-order chi connectivity index (χ0) is 18.8. The van der Waals surface area contributed by atoms with Crippen LogP contribution in [0.3, 0.4) is 0 Å². The van der Waals surface area contributed by atoms with Crippen molar-refractivity contribution in [2.45, 2.75) is 12.8 Å². The Kier molecular flexibility index (Phi) is 4.30. The van der Waals surface area contributed by atoms with E-state index in [0.29, 0.717) is 29.9 Å². The number of carbonyl (C=O) groups is 2. The molecule has 4 rings (SSSR count). The lowest BCUT2D eigenvalue weighted by molar-refractivity contribution is 0.0780. The lowest BCUT2D eigenvalue weighted by Gasteiger charge is -2.13. The van der Waals surface area contributed by atoms with Crippen molar-refractivity contribution in [2.75, 3.05) is 18.4 Å². The molecule has 0 radical (unpaired) electrons. The molecule has 134 valence electrons. The lowest BCUT2D eigenvalue weighted by Crippen LogP contribution is -2.29. The van der Waals surface area contributed by atoms with E-state index in [0.717, 1.165) is 12.8 Å². The number of pyridine rings is 1. The molecule has 1 aromatic carbocycles. The molecule has 3 aromatic rings. The van der Waals surface area contributed by atoms with Gasteiger partial charge >= 0.3 is 0 Å². The van der Waals surface area contributed by atoms with Gasteiger partial charge in [0.05, 0.1) is 17.1 Å². The molecule has 0 bridgehead atoms. The molecule has 2 amide bonds. The number of benzene rings is 1. The topological polar surface area (TPSA) is 90.5 Å². The average Bonchev–Trinajstić information content (AvgIpc) is 3.36. The van der Waals surface area contributed by atoms with Gasteiger partial charge in [-0.15, -0.1) is 0 Å². The highest BCUT2D eigenvalue weighted by Gasteiger charge is 2.26. The van der Waals surface area contributed by atoms with Gasteiger partial charge < -0.3 is 10.2 Å². The van der Waals surface area contributed by atoms with Gasteiger partial charge in [0.1, 0.15) is 0 Å². The molecule has 0 atom stereocenters. The van der Waals surface area contributed by atoms with Crippen molar-refractivity contribution < 1.29 is 9.59 Å². The maximum atomic E-state index is 12.8. The van der Waals surface area contributed by atoms with Crippen LogP contribution < -0.4 is 5.32 Å². The number of anilines is 1. The van der Waals surface area contributed by atoms with Gasteiger partial charge in [-0.25, -0.2) is 4.98 Å². The number of amides is 2. The van der Waals surface area contributed by atoms with Crippen molar-refractivity contribution in [1.29, 1.82) is 5.26 Å². The normalized spacial score (nSPS) is 13.5. The van der Waals surface area contributed by atoms with Gasteiger partial charge in [-0.3, -0.25) is 14.0 Å². The Balaban J connectivity index is 1.67. The third kappa shape index (κ3) is 3.13. The summed E-state index contributed by atoms with van der Waals surface area (Å²) in [5.41, 5.74) is 1.84. The van der Waals surface area contributed by atoms with E-state index in [-0.39, 0.29) is 17.4 Å². The van der Waals surface area contributed by atoms with Crippen LogP contribution in [0.15, 0.2) is 48.7 Å². The molecule has 7 heteroatoms. The number of nitrogens with one attached hydrogen (secondary N) is 1. The molecule has 0 unspecified atom stereocenters. The number of hydrogen-bond acceptors (Lipinski definition) is 4. The fourth-order valence-electron chi connectivity index (χ4n) is 3.24. The Bertz CT molecular complexity index is 1060. The predicted molar refractivity (Wildman–Crippen MR) is 99.4 cm³/mol. The summed E-state index contributed by atoms with van der Waals surface area (Å²) in [7, 11) is 0. The molecule has 3 heterocycles. The first-order valence-electron chi connectivity index (χ1n) is 8.75. The Hall–Kier alpha value is -3.66. The Morgan fingerprint density at radius 2 is 1.81 bits per heavy atom. The Morgan fingerprint density at radius 1 is 1.07 bits per heavy atom. The van der Waals surface area contributed by atoms with Crippen molar-refractivity contribution in [2.24, 2.45) is 0 Å². The van der Waals surface area contributed by atoms with E-state index in [1.165, 1.54) is 0 Å². The minimum absolute atomic E-state index is 0.161. The van der Waals surface area contributed by atoms with Gasteiger partial charge in [-0.1, -0.05) is 6.07 Å². The van der Waals surface area contributed by atoms with Crippen molar-refractivity contribution in [3.8, 4) is 6.07 Å². The zero-order valence-electron chi connectivity index (χ0n) is 14.6. The zero-order valence-corrected chi connectivity index (χ0v) is 14.6. The van der Waals surface area contributed by atoms with Crippen molar-refractivity contribution in [1.82, 2.24) is 14.3 Å². The summed E-state index contributed by atoms with van der Waals surface area (Å²) >= 11 is 0. The van der Waals surface area contributed by atoms with Crippen LogP contribution in [0.25, 0.3) is 5.52 Å². The van der Waals surface area contributed by atoms with E-state index >= 15 is 0 Å². The second-order valence-electron chi connectivity index (χ2n) is 6.38. The van der Waals surface area contributed by atoms with Crippen LogP contribution in [0.2, 0.25) is 0 Å². The highest BCUT2D eigenvalue weighted by atomic mass is 16.2. The molecule has 0 aliphatic carbocycles. The van der Waals surface area contributed by atoms with E-state index in [9.17, 15) is 9.59 Å². The second kappa shape index (κ2) is 6.92. The van der Waals surface area contributed by atoms with Crippen LogP contribution in [0.5, 0.6) is 0 Å². The summed E-state index contributed by atoms with van der Waals surface area (Å²) < 4.78 is 1.66. The Labute approximate surface area is 155 Å². The van der Waals surface area contributed by atoms with E-state index in [2.05, 4.69) is 10.3 Å². The third-order valence-corrected chi connectivity index (χ3v) is 4.62. The molecule has 0 saturated carbocycles. The SMILES string of the molecule is N#Cc1ccc(NC(=O)c2nc(C(=O)N3CCCC3)n3ccccc23)cc1. The fraction of sp³-hybridized carbons (Fsp3) is 0.200. The van der Waals surface area contributed by atoms with E-state index < -0.39 is 5.91 Å². The summed E-state index contributed by atoms with van der Waals surface area (Å²) in [5, 5.41) is 11.6. The van der Waals surface area contributed by atoms with Gasteiger partial charge in [-0.2, -0.15) is 5.26 Å². The minimum Gasteiger partial charge on any atom is -0.336 e. The predicted octanol–water partition coefficient (Wildman–Crippen LogP) is 2.69. The summed E-state index contributed by atoms with van der Waals surface area (Å²) in [6, 6.07) is 14.0. The smallest absolute Gasteiger partial charge is 0.290 e. The highest BCUT2D eigenvalue weighted by Crippen LogP contribution is 2.19. The van der Waals surface area contributed by atoms with Gasteiger partial charge in [-0.05, 0) is 49.2 Å². The number of imidazole rings is 1. The van der Waals surface area contributed by atoms with Crippen molar-refractivity contribution in [3.63, 3.8) is 0 Å². The maximum Gasteiger partial charge on any atom is 0.290 e. The number of nitriles is 1. The molecule has 1 fully saturated rings. The van der Waals surface area contributed by atoms with Crippen LogP contribution in [0.4, 0.5) is 5.69 Å². The number of rotatable bonds is 3. The largest absolute Gasteiger partial charge is 0.336 e. The first kappa shape index (κ1) is 16.8. The molecule has 27 heavy (non-hydrogen) atoms. The summed E-state index contributed by atoms with van der Waals surface area (Å²) in [6.07, 6.45) is 3.71. The minimum atomic E-state index is -0.399. The summed E-state index contributed by atoms with van der Waals surface area (Å²) in [5.74, 6) is -0.313. The molecular formula is C20H17N5O2. The van der Waals surface area contributed by atoms with Crippen LogP contribution in [0, 0.1) is 11.3 Å². The molecule has 1 saturated heterocycles. The number of carbonyl (C=O) groups excluding carboxylic acids is 2. The molecule has 2 aromatic heterocycles. The molecule has 1 aliphatic rings. The summed E-state index contributed by atoms with van der Waals surface area (Å²) in [4.78, 5) is 31.7. The van der Waals surface area contributed by atoms with E-state index in [4.69, 9.17) is 5.26 Å². The van der Waals surface area contributed by atoms with Crippen LogP contribution in [-0.4, -0.2) is 39.2 Å². The van der Waals surface area contributed by atoms with Crippen LogP contribution in [-0.2, 0) is 0 Å². The van der Waals surface area contributed by atoms with Crippen molar-refractivity contribution >= 4 is 23.0 Å². The van der Waals surface area contributed by atoms with Crippen molar-refractivity contribution in [3.05, 3.63) is 65.7 Å².